The van der Waals surface area contributed by atoms with Crippen LogP contribution in [0.1, 0.15) is 76.5 Å². The van der Waals surface area contributed by atoms with Crippen LogP contribution < -0.4 is 0 Å². The Labute approximate surface area is 148 Å². The van der Waals surface area contributed by atoms with Crippen molar-refractivity contribution in [3.8, 4) is 0 Å². The summed E-state index contributed by atoms with van der Waals surface area (Å²) in [7, 11) is 0. The molecule has 0 fully saturated rings. The maximum absolute atomic E-state index is 5.81. The van der Waals surface area contributed by atoms with Gasteiger partial charge < -0.3 is 4.74 Å². The molecule has 1 aromatic rings. The van der Waals surface area contributed by atoms with Gasteiger partial charge in [-0.15, -0.1) is 0 Å². The summed E-state index contributed by atoms with van der Waals surface area (Å²) in [4.78, 5) is 0. The molecule has 0 aliphatic heterocycles. The van der Waals surface area contributed by atoms with Crippen molar-refractivity contribution in [2.24, 2.45) is 5.92 Å². The molecule has 24 heavy (non-hydrogen) atoms. The predicted molar refractivity (Wildman–Crippen MR) is 105 cm³/mol. The Kier molecular flexibility index (Phi) is 7.62. The Morgan fingerprint density at radius 3 is 2.58 bits per heavy atom. The van der Waals surface area contributed by atoms with E-state index in [-0.39, 0.29) is 0 Å². The normalized spacial score (nSPS) is 15.6. The highest BCUT2D eigenvalue weighted by Gasteiger charge is 2.10. The Balaban J connectivity index is 1.76. The zero-order valence-electron chi connectivity index (χ0n) is 16.0. The average molecular weight is 327 g/mol. The Morgan fingerprint density at radius 2 is 1.83 bits per heavy atom. The highest BCUT2D eigenvalue weighted by Crippen LogP contribution is 2.25. The lowest BCUT2D eigenvalue weighted by molar-refractivity contribution is 0.224. The third-order valence-electron chi connectivity index (χ3n) is 5.00. The molecule has 1 aromatic carbocycles. The van der Waals surface area contributed by atoms with Gasteiger partial charge in [-0.2, -0.15) is 0 Å². The summed E-state index contributed by atoms with van der Waals surface area (Å²) in [5.41, 5.74) is 7.05. The number of allylic oxidation sites excluding steroid dienone is 3. The van der Waals surface area contributed by atoms with Gasteiger partial charge in [-0.25, -0.2) is 0 Å². The van der Waals surface area contributed by atoms with Gasteiger partial charge in [0.05, 0.1) is 12.9 Å². The van der Waals surface area contributed by atoms with Gasteiger partial charge in [0, 0.05) is 0 Å². The topological polar surface area (TPSA) is 9.23 Å². The minimum atomic E-state index is 0.720. The summed E-state index contributed by atoms with van der Waals surface area (Å²) in [6, 6.07) is 6.93. The molecule has 1 aliphatic rings. The van der Waals surface area contributed by atoms with Gasteiger partial charge in [-0.05, 0) is 93.9 Å². The molecule has 132 valence electrons. The molecule has 0 saturated carbocycles. The lowest BCUT2D eigenvalue weighted by atomic mass is 9.89. The minimum absolute atomic E-state index is 0.720. The smallest absolute Gasteiger partial charge is 0.0876 e. The van der Waals surface area contributed by atoms with E-state index in [1.54, 1.807) is 11.1 Å². The standard InChI is InChI=1S/C23H34O/c1-18(2)8-7-9-19(3)14-15-24-17-20(4)22-13-12-21-10-5-6-11-23(21)16-22/h8,12-13,16-17,19H,5-7,9-11,14-15H2,1-4H3. The van der Waals surface area contributed by atoms with Crippen molar-refractivity contribution >= 4 is 5.57 Å². The van der Waals surface area contributed by atoms with E-state index in [2.05, 4.69) is 52.0 Å². The minimum Gasteiger partial charge on any atom is -0.501 e. The van der Waals surface area contributed by atoms with Crippen LogP contribution >= 0.6 is 0 Å². The first kappa shape index (κ1) is 18.8. The fourth-order valence-electron chi connectivity index (χ4n) is 3.30. The SMILES string of the molecule is CC(C)=CCCC(C)CCOC=C(C)c1ccc2c(c1)CCCC2. The maximum atomic E-state index is 5.81. The molecule has 1 aliphatic carbocycles. The monoisotopic (exact) mass is 326 g/mol. The van der Waals surface area contributed by atoms with Gasteiger partial charge in [-0.3, -0.25) is 0 Å². The summed E-state index contributed by atoms with van der Waals surface area (Å²) in [6.07, 6.45) is 13.0. The summed E-state index contributed by atoms with van der Waals surface area (Å²) < 4.78 is 5.81. The van der Waals surface area contributed by atoms with Gasteiger partial charge in [-0.1, -0.05) is 36.8 Å². The molecule has 0 heterocycles. The summed E-state index contributed by atoms with van der Waals surface area (Å²) in [5.74, 6) is 0.720. The summed E-state index contributed by atoms with van der Waals surface area (Å²) in [5, 5.41) is 0. The van der Waals surface area contributed by atoms with Gasteiger partial charge in [0.2, 0.25) is 0 Å². The van der Waals surface area contributed by atoms with Crippen molar-refractivity contribution < 1.29 is 4.74 Å². The fourth-order valence-corrected chi connectivity index (χ4v) is 3.30. The molecule has 0 radical (unpaired) electrons. The van der Waals surface area contributed by atoms with E-state index < -0.39 is 0 Å². The Hall–Kier alpha value is -1.50. The van der Waals surface area contributed by atoms with Gasteiger partial charge in [0.1, 0.15) is 0 Å². The lowest BCUT2D eigenvalue weighted by Crippen LogP contribution is -2.03. The van der Waals surface area contributed by atoms with E-state index in [0.29, 0.717) is 0 Å². The molecular formula is C23H34O. The molecule has 0 bridgehead atoms. The predicted octanol–water partition coefficient (Wildman–Crippen LogP) is 6.72. The maximum Gasteiger partial charge on any atom is 0.0876 e. The van der Waals surface area contributed by atoms with E-state index in [1.807, 2.05) is 6.26 Å². The number of aryl methyl sites for hydroxylation is 2. The van der Waals surface area contributed by atoms with Crippen molar-refractivity contribution in [1.82, 2.24) is 0 Å². The quantitative estimate of drug-likeness (QED) is 0.293. The van der Waals surface area contributed by atoms with E-state index in [4.69, 9.17) is 4.74 Å². The largest absolute Gasteiger partial charge is 0.501 e. The highest BCUT2D eigenvalue weighted by molar-refractivity contribution is 5.64. The van der Waals surface area contributed by atoms with E-state index in [1.165, 1.54) is 55.2 Å². The first-order chi connectivity index (χ1) is 11.6. The number of hydrogen-bond acceptors (Lipinski definition) is 1. The third kappa shape index (κ3) is 6.19. The highest BCUT2D eigenvalue weighted by atomic mass is 16.5. The van der Waals surface area contributed by atoms with Crippen molar-refractivity contribution in [3.63, 3.8) is 0 Å². The first-order valence-corrected chi connectivity index (χ1v) is 9.60. The van der Waals surface area contributed by atoms with Crippen LogP contribution in [0.5, 0.6) is 0 Å². The zero-order valence-corrected chi connectivity index (χ0v) is 16.0. The second-order valence-electron chi connectivity index (χ2n) is 7.61. The molecule has 2 rings (SSSR count). The number of fused-ring (bicyclic) bond motifs is 1. The van der Waals surface area contributed by atoms with E-state index >= 15 is 0 Å². The second kappa shape index (κ2) is 9.71. The van der Waals surface area contributed by atoms with Crippen LogP contribution in [0.15, 0.2) is 36.1 Å². The van der Waals surface area contributed by atoms with Crippen LogP contribution in [0.3, 0.4) is 0 Å². The molecule has 0 spiro atoms. The number of benzene rings is 1. The lowest BCUT2D eigenvalue weighted by Gasteiger charge is -2.17. The number of rotatable bonds is 8. The molecule has 0 aromatic heterocycles. The zero-order chi connectivity index (χ0) is 17.4. The second-order valence-corrected chi connectivity index (χ2v) is 7.61. The van der Waals surface area contributed by atoms with Gasteiger partial charge in [0.15, 0.2) is 0 Å². The van der Waals surface area contributed by atoms with E-state index in [0.717, 1.165) is 18.9 Å². The van der Waals surface area contributed by atoms with Crippen LogP contribution in [0.25, 0.3) is 5.57 Å². The summed E-state index contributed by atoms with van der Waals surface area (Å²) >= 11 is 0. The van der Waals surface area contributed by atoms with Crippen molar-refractivity contribution in [3.05, 3.63) is 52.8 Å². The molecular weight excluding hydrogens is 292 g/mol. The molecule has 1 unspecified atom stereocenters. The van der Waals surface area contributed by atoms with E-state index in [9.17, 15) is 0 Å². The van der Waals surface area contributed by atoms with Gasteiger partial charge in [0.25, 0.3) is 0 Å². The van der Waals surface area contributed by atoms with Crippen LogP contribution in [-0.4, -0.2) is 6.61 Å². The first-order valence-electron chi connectivity index (χ1n) is 9.60. The van der Waals surface area contributed by atoms with Crippen molar-refractivity contribution in [1.29, 1.82) is 0 Å². The molecule has 1 atom stereocenters. The van der Waals surface area contributed by atoms with Crippen LogP contribution in [0.2, 0.25) is 0 Å². The van der Waals surface area contributed by atoms with Crippen LogP contribution in [0.4, 0.5) is 0 Å². The Bertz CT molecular complexity index is 576. The van der Waals surface area contributed by atoms with Crippen molar-refractivity contribution in [2.75, 3.05) is 6.61 Å². The number of hydrogen-bond donors (Lipinski definition) is 0. The Morgan fingerprint density at radius 1 is 1.08 bits per heavy atom. The molecule has 0 amide bonds. The fraction of sp³-hybridized carbons (Fsp3) is 0.565. The molecule has 0 N–H and O–H groups in total. The number of ether oxygens (including phenoxy) is 1. The van der Waals surface area contributed by atoms with Crippen LogP contribution in [-0.2, 0) is 17.6 Å². The molecule has 1 heteroatoms. The third-order valence-corrected chi connectivity index (χ3v) is 5.00. The van der Waals surface area contributed by atoms with Crippen LogP contribution in [0, 0.1) is 5.92 Å². The van der Waals surface area contributed by atoms with Crippen molar-refractivity contribution in [2.45, 2.75) is 72.6 Å². The average Bonchev–Trinajstić information content (AvgIpc) is 2.57. The summed E-state index contributed by atoms with van der Waals surface area (Å²) in [6.45, 7) is 9.63. The molecule has 1 nitrogen and oxygen atoms in total. The van der Waals surface area contributed by atoms with Gasteiger partial charge >= 0.3 is 0 Å². The molecule has 0 saturated heterocycles.